The zero-order valence-corrected chi connectivity index (χ0v) is 22.8. The van der Waals surface area contributed by atoms with Gasteiger partial charge in [0.1, 0.15) is 11.0 Å². The summed E-state index contributed by atoms with van der Waals surface area (Å²) in [5, 5.41) is 3.09. The first-order chi connectivity index (χ1) is 18.1. The van der Waals surface area contributed by atoms with E-state index in [9.17, 15) is 24.0 Å². The van der Waals surface area contributed by atoms with Crippen LogP contribution >= 0.6 is 11.3 Å². The van der Waals surface area contributed by atoms with Crippen molar-refractivity contribution in [3.05, 3.63) is 51.4 Å². The number of nitrogens with zero attached hydrogens (tertiary/aromatic N) is 1. The van der Waals surface area contributed by atoms with Crippen LogP contribution in [0.25, 0.3) is 0 Å². The quantitative estimate of drug-likeness (QED) is 0.373. The Morgan fingerprint density at radius 1 is 1.11 bits per heavy atom. The third kappa shape index (κ3) is 5.50. The predicted octanol–water partition coefficient (Wildman–Crippen LogP) is 4.24. The maximum atomic E-state index is 13.1. The molecule has 2 aromatic rings. The van der Waals surface area contributed by atoms with Gasteiger partial charge in [-0.2, -0.15) is 0 Å². The molecule has 0 fully saturated rings. The van der Waals surface area contributed by atoms with Gasteiger partial charge in [-0.3, -0.25) is 19.3 Å². The van der Waals surface area contributed by atoms with Gasteiger partial charge in [0.15, 0.2) is 6.61 Å². The number of ether oxygens (including phenoxy) is 2. The van der Waals surface area contributed by atoms with Gasteiger partial charge in [-0.05, 0) is 62.1 Å². The zero-order chi connectivity index (χ0) is 27.6. The molecule has 10 heteroatoms. The molecule has 3 amide bonds. The molecule has 0 radical (unpaired) electrons. The number of imide groups is 1. The number of fused-ring (bicyclic) bond motifs is 2. The molecule has 0 spiro atoms. The van der Waals surface area contributed by atoms with Gasteiger partial charge < -0.3 is 14.8 Å². The Kier molecular flexibility index (Phi) is 8.30. The molecule has 2 atom stereocenters. The highest BCUT2D eigenvalue weighted by Gasteiger charge is 2.43. The van der Waals surface area contributed by atoms with Crippen LogP contribution in [0, 0.1) is 11.8 Å². The second-order valence-electron chi connectivity index (χ2n) is 10.1. The molecule has 1 aromatic carbocycles. The number of anilines is 1. The van der Waals surface area contributed by atoms with Crippen molar-refractivity contribution < 1.29 is 33.4 Å². The van der Waals surface area contributed by atoms with Gasteiger partial charge in [-0.15, -0.1) is 11.3 Å². The average molecular weight is 541 g/mol. The van der Waals surface area contributed by atoms with Gasteiger partial charge in [-0.25, -0.2) is 9.59 Å². The summed E-state index contributed by atoms with van der Waals surface area (Å²) < 4.78 is 10.5. The molecule has 0 bridgehead atoms. The third-order valence-corrected chi connectivity index (χ3v) is 7.86. The van der Waals surface area contributed by atoms with E-state index in [1.165, 1.54) is 11.3 Å². The first-order valence-corrected chi connectivity index (χ1v) is 13.7. The summed E-state index contributed by atoms with van der Waals surface area (Å²) in [6, 6.07) is 5.23. The van der Waals surface area contributed by atoms with Gasteiger partial charge in [0.05, 0.1) is 23.3 Å². The summed E-state index contributed by atoms with van der Waals surface area (Å²) in [6.07, 6.45) is 2.67. The van der Waals surface area contributed by atoms with Crippen molar-refractivity contribution in [2.75, 3.05) is 18.5 Å². The number of hydrogen-bond donors (Lipinski definition) is 1. The fourth-order valence-corrected chi connectivity index (χ4v) is 6.31. The first-order valence-electron chi connectivity index (χ1n) is 12.9. The fraction of sp³-hybridized carbons (Fsp3) is 0.464. The summed E-state index contributed by atoms with van der Waals surface area (Å²) in [5.41, 5.74) is 1.74. The summed E-state index contributed by atoms with van der Waals surface area (Å²) in [7, 11) is 0. The van der Waals surface area contributed by atoms with Crippen molar-refractivity contribution >= 4 is 46.0 Å². The van der Waals surface area contributed by atoms with E-state index < -0.39 is 42.3 Å². The fourth-order valence-electron chi connectivity index (χ4n) is 4.90. The molecule has 2 heterocycles. The summed E-state index contributed by atoms with van der Waals surface area (Å²) in [5.74, 6) is -2.63. The van der Waals surface area contributed by atoms with Crippen LogP contribution in [0.3, 0.4) is 0 Å². The number of thiophene rings is 1. The third-order valence-electron chi connectivity index (χ3n) is 6.69. The van der Waals surface area contributed by atoms with E-state index in [-0.39, 0.29) is 30.1 Å². The second kappa shape index (κ2) is 11.5. The number of nitrogens with one attached hydrogen (secondary N) is 1. The molecule has 4 rings (SSSR count). The second-order valence-corrected chi connectivity index (χ2v) is 11.2. The molecule has 1 aliphatic carbocycles. The predicted molar refractivity (Wildman–Crippen MR) is 141 cm³/mol. The highest BCUT2D eigenvalue weighted by atomic mass is 32.1. The Morgan fingerprint density at radius 3 is 2.37 bits per heavy atom. The van der Waals surface area contributed by atoms with Crippen molar-refractivity contribution in [3.8, 4) is 0 Å². The number of carbonyl (C=O) groups excluding carboxylic acids is 5. The summed E-state index contributed by atoms with van der Waals surface area (Å²) >= 11 is 1.34. The van der Waals surface area contributed by atoms with E-state index in [1.807, 2.05) is 13.8 Å². The van der Waals surface area contributed by atoms with Crippen molar-refractivity contribution in [1.29, 1.82) is 0 Å². The number of hydrogen-bond acceptors (Lipinski definition) is 8. The lowest BCUT2D eigenvalue weighted by molar-refractivity contribution is -0.151. The lowest BCUT2D eigenvalue weighted by Gasteiger charge is -2.25. The van der Waals surface area contributed by atoms with Crippen molar-refractivity contribution in [1.82, 2.24) is 4.90 Å². The molecule has 1 aromatic heterocycles. The Morgan fingerprint density at radius 2 is 1.76 bits per heavy atom. The largest absolute Gasteiger partial charge is 0.462 e. The Balaban J connectivity index is 1.47. The molecular formula is C28H32N2O7S. The van der Waals surface area contributed by atoms with E-state index in [2.05, 4.69) is 12.2 Å². The summed E-state index contributed by atoms with van der Waals surface area (Å²) in [4.78, 5) is 66.5. The maximum absolute atomic E-state index is 13.1. The molecular weight excluding hydrogens is 508 g/mol. The number of esters is 2. The monoisotopic (exact) mass is 540 g/mol. The molecule has 0 saturated heterocycles. The van der Waals surface area contributed by atoms with Crippen molar-refractivity contribution in [2.45, 2.75) is 59.4 Å². The van der Waals surface area contributed by atoms with E-state index in [1.54, 1.807) is 31.2 Å². The molecule has 202 valence electrons. The highest BCUT2D eigenvalue weighted by molar-refractivity contribution is 7.17. The van der Waals surface area contributed by atoms with Crippen LogP contribution in [0.1, 0.15) is 82.1 Å². The molecule has 1 N–H and O–H groups in total. The van der Waals surface area contributed by atoms with Gasteiger partial charge in [0.25, 0.3) is 17.7 Å². The van der Waals surface area contributed by atoms with Gasteiger partial charge in [0, 0.05) is 4.88 Å². The van der Waals surface area contributed by atoms with E-state index >= 15 is 0 Å². The van der Waals surface area contributed by atoms with E-state index in [0.29, 0.717) is 16.5 Å². The molecule has 0 saturated carbocycles. The van der Waals surface area contributed by atoms with E-state index in [4.69, 9.17) is 9.47 Å². The minimum absolute atomic E-state index is 0.0299. The Bertz CT molecular complexity index is 1250. The number of carbonyl (C=O) groups is 5. The molecule has 2 aliphatic rings. The smallest absolute Gasteiger partial charge is 0.341 e. The lowest BCUT2D eigenvalue weighted by Crippen LogP contribution is -2.46. The Hall–Kier alpha value is -3.53. The highest BCUT2D eigenvalue weighted by Crippen LogP contribution is 2.40. The topological polar surface area (TPSA) is 119 Å². The molecule has 0 unspecified atom stereocenters. The first kappa shape index (κ1) is 27.5. The molecule has 9 nitrogen and oxygen atoms in total. The van der Waals surface area contributed by atoms with Crippen LogP contribution in [-0.4, -0.2) is 53.8 Å². The van der Waals surface area contributed by atoms with Crippen LogP contribution in [0.15, 0.2) is 24.3 Å². The molecule has 1 aliphatic heterocycles. The van der Waals surface area contributed by atoms with Crippen LogP contribution < -0.4 is 5.32 Å². The lowest BCUT2D eigenvalue weighted by atomic mass is 9.88. The average Bonchev–Trinajstić information content (AvgIpc) is 3.34. The summed E-state index contributed by atoms with van der Waals surface area (Å²) in [6.45, 7) is 7.17. The van der Waals surface area contributed by atoms with E-state index in [0.717, 1.165) is 34.6 Å². The number of benzene rings is 1. The van der Waals surface area contributed by atoms with Crippen molar-refractivity contribution in [2.24, 2.45) is 11.8 Å². The molecule has 38 heavy (non-hydrogen) atoms. The standard InChI is InChI=1S/C28H32N2O7S/c1-5-36-28(35)23-19-11-10-16(4)13-21(19)38-24(23)29-22(31)14-37-27(34)20(12-15(2)3)30-25(32)17-8-6-7-9-18(17)26(30)33/h6-9,15-16,20H,5,10-14H2,1-4H3,(H,29,31)/t16-,20-/m0/s1. The number of amides is 3. The van der Waals surface area contributed by atoms with Crippen LogP contribution in [-0.2, 0) is 31.9 Å². The SMILES string of the molecule is CCOC(=O)c1c(NC(=O)COC(=O)[C@H](CC(C)C)N2C(=O)c3ccccc3C2=O)sc2c1CC[C@H](C)C2. The van der Waals surface area contributed by atoms with Gasteiger partial charge in [-0.1, -0.05) is 32.9 Å². The van der Waals surface area contributed by atoms with Crippen molar-refractivity contribution in [3.63, 3.8) is 0 Å². The maximum Gasteiger partial charge on any atom is 0.341 e. The normalized spacial score (nSPS) is 17.2. The van der Waals surface area contributed by atoms with Crippen LogP contribution in [0.2, 0.25) is 0 Å². The van der Waals surface area contributed by atoms with Crippen LogP contribution in [0.5, 0.6) is 0 Å². The van der Waals surface area contributed by atoms with Crippen LogP contribution in [0.4, 0.5) is 5.00 Å². The van der Waals surface area contributed by atoms with Gasteiger partial charge >= 0.3 is 11.9 Å². The zero-order valence-electron chi connectivity index (χ0n) is 22.0. The minimum Gasteiger partial charge on any atom is -0.462 e. The van der Waals surface area contributed by atoms with Gasteiger partial charge in [0.2, 0.25) is 0 Å². The number of rotatable bonds is 9. The minimum atomic E-state index is -1.17. The Labute approximate surface area is 225 Å².